The lowest BCUT2D eigenvalue weighted by Gasteiger charge is -2.08. The Balaban J connectivity index is 2.50. The molecule has 0 amide bonds. The Morgan fingerprint density at radius 2 is 2.58 bits per heavy atom. The molecule has 0 aliphatic carbocycles. The molecule has 0 aliphatic rings. The summed E-state index contributed by atoms with van der Waals surface area (Å²) in [6.45, 7) is 3.85. The third kappa shape index (κ3) is 2.30. The molecule has 0 fully saturated rings. The van der Waals surface area contributed by atoms with E-state index < -0.39 is 0 Å². The van der Waals surface area contributed by atoms with Crippen LogP contribution in [0.25, 0.3) is 0 Å². The number of hydrogen-bond donors (Lipinski definition) is 0. The molecule has 1 unspecified atom stereocenters. The molecule has 0 N–H and O–H groups in total. The first-order chi connectivity index (χ1) is 5.74. The fourth-order valence-corrected chi connectivity index (χ4v) is 1.14. The Bertz CT molecular complexity index is 246. The van der Waals surface area contributed by atoms with Crippen molar-refractivity contribution in [1.29, 1.82) is 0 Å². The van der Waals surface area contributed by atoms with Crippen LogP contribution in [0.4, 0.5) is 0 Å². The summed E-state index contributed by atoms with van der Waals surface area (Å²) < 4.78 is 5.08. The van der Waals surface area contributed by atoms with Crippen LogP contribution in [-0.2, 0) is 4.74 Å². The number of nitrogens with zero attached hydrogens (tertiary/aromatic N) is 1. The lowest BCUT2D eigenvalue weighted by Crippen LogP contribution is -2.12. The fourth-order valence-electron chi connectivity index (χ4n) is 0.641. The first kappa shape index (κ1) is 9.19. The molecule has 0 radical (unpaired) electrons. The second-order valence-corrected chi connectivity index (χ2v) is 3.38. The molecule has 3 nitrogen and oxygen atoms in total. The average molecular weight is 185 g/mol. The van der Waals surface area contributed by atoms with Crippen LogP contribution in [0.3, 0.4) is 0 Å². The summed E-state index contributed by atoms with van der Waals surface area (Å²) in [6, 6.07) is 0. The van der Waals surface area contributed by atoms with Crippen LogP contribution in [0.2, 0.25) is 0 Å². The van der Waals surface area contributed by atoms with Crippen molar-refractivity contribution in [1.82, 2.24) is 4.98 Å². The van der Waals surface area contributed by atoms with E-state index in [1.165, 1.54) is 17.5 Å². The second-order valence-electron chi connectivity index (χ2n) is 2.49. The van der Waals surface area contributed by atoms with Crippen LogP contribution in [0.5, 0.6) is 0 Å². The van der Waals surface area contributed by atoms with Crippen molar-refractivity contribution in [3.05, 3.63) is 16.6 Å². The smallest absolute Gasteiger partial charge is 0.350 e. The van der Waals surface area contributed by atoms with Crippen molar-refractivity contribution in [2.45, 2.75) is 26.4 Å². The van der Waals surface area contributed by atoms with Gasteiger partial charge in [-0.15, -0.1) is 11.3 Å². The number of rotatable bonds is 3. The Labute approximate surface area is 75.4 Å². The maximum atomic E-state index is 11.2. The maximum Gasteiger partial charge on any atom is 0.350 e. The highest BCUT2D eigenvalue weighted by atomic mass is 32.1. The topological polar surface area (TPSA) is 39.2 Å². The highest BCUT2D eigenvalue weighted by molar-refractivity contribution is 7.11. The van der Waals surface area contributed by atoms with E-state index in [4.69, 9.17) is 4.74 Å². The normalized spacial score (nSPS) is 12.5. The number of thiazole rings is 1. The maximum absolute atomic E-state index is 11.2. The molecule has 1 heterocycles. The van der Waals surface area contributed by atoms with E-state index in [9.17, 15) is 4.79 Å². The van der Waals surface area contributed by atoms with Gasteiger partial charge in [-0.1, -0.05) is 6.92 Å². The number of esters is 1. The highest BCUT2D eigenvalue weighted by Crippen LogP contribution is 2.09. The predicted molar refractivity (Wildman–Crippen MR) is 47.3 cm³/mol. The number of carbonyl (C=O) groups excluding carboxylic acids is 1. The van der Waals surface area contributed by atoms with E-state index in [-0.39, 0.29) is 12.1 Å². The van der Waals surface area contributed by atoms with Crippen molar-refractivity contribution in [2.75, 3.05) is 0 Å². The van der Waals surface area contributed by atoms with Gasteiger partial charge in [0.25, 0.3) is 0 Å². The van der Waals surface area contributed by atoms with Gasteiger partial charge in [-0.2, -0.15) is 0 Å². The molecule has 1 aromatic heterocycles. The molecule has 0 spiro atoms. The lowest BCUT2D eigenvalue weighted by atomic mass is 10.3. The van der Waals surface area contributed by atoms with E-state index in [0.29, 0.717) is 4.88 Å². The molecule has 66 valence electrons. The Kier molecular flexibility index (Phi) is 3.22. The number of carbonyl (C=O) groups is 1. The van der Waals surface area contributed by atoms with Crippen molar-refractivity contribution >= 4 is 17.3 Å². The fraction of sp³-hybridized carbons (Fsp3) is 0.500. The molecule has 0 saturated heterocycles. The zero-order chi connectivity index (χ0) is 8.97. The minimum atomic E-state index is -0.271. The largest absolute Gasteiger partial charge is 0.458 e. The van der Waals surface area contributed by atoms with Crippen LogP contribution >= 0.6 is 11.3 Å². The molecule has 0 bridgehead atoms. The highest BCUT2D eigenvalue weighted by Gasteiger charge is 2.11. The molecule has 4 heteroatoms. The number of ether oxygens (including phenoxy) is 1. The zero-order valence-corrected chi connectivity index (χ0v) is 7.93. The Morgan fingerprint density at radius 1 is 1.83 bits per heavy atom. The lowest BCUT2D eigenvalue weighted by molar-refractivity contribution is 0.0340. The summed E-state index contributed by atoms with van der Waals surface area (Å²) in [5.41, 5.74) is 1.62. The first-order valence-electron chi connectivity index (χ1n) is 3.83. The van der Waals surface area contributed by atoms with Gasteiger partial charge in [-0.25, -0.2) is 4.79 Å². The van der Waals surface area contributed by atoms with Crippen LogP contribution in [-0.4, -0.2) is 17.1 Å². The summed E-state index contributed by atoms with van der Waals surface area (Å²) in [7, 11) is 0. The minimum Gasteiger partial charge on any atom is -0.458 e. The quantitative estimate of drug-likeness (QED) is 0.677. The average Bonchev–Trinajstić information content (AvgIpc) is 2.56. The number of aromatic nitrogens is 1. The van der Waals surface area contributed by atoms with Gasteiger partial charge in [0.05, 0.1) is 17.8 Å². The molecule has 1 rings (SSSR count). The molecular formula is C8H11NO2S. The van der Waals surface area contributed by atoms with E-state index in [0.717, 1.165) is 6.42 Å². The minimum absolute atomic E-state index is 0.0143. The summed E-state index contributed by atoms with van der Waals surface area (Å²) in [6.07, 6.45) is 2.35. The predicted octanol–water partition coefficient (Wildman–Crippen LogP) is 2.10. The van der Waals surface area contributed by atoms with Crippen molar-refractivity contribution < 1.29 is 9.53 Å². The molecule has 0 saturated carbocycles. The van der Waals surface area contributed by atoms with Crippen LogP contribution in [0.15, 0.2) is 11.7 Å². The van der Waals surface area contributed by atoms with Crippen molar-refractivity contribution in [2.24, 2.45) is 0 Å². The monoisotopic (exact) mass is 185 g/mol. The third-order valence-electron chi connectivity index (χ3n) is 1.52. The van der Waals surface area contributed by atoms with Gasteiger partial charge in [0.2, 0.25) is 0 Å². The van der Waals surface area contributed by atoms with Crippen molar-refractivity contribution in [3.8, 4) is 0 Å². The van der Waals surface area contributed by atoms with Gasteiger partial charge in [0.15, 0.2) is 0 Å². The molecule has 1 atom stereocenters. The van der Waals surface area contributed by atoms with E-state index in [2.05, 4.69) is 4.98 Å². The Hall–Kier alpha value is -0.900. The van der Waals surface area contributed by atoms with Gasteiger partial charge in [-0.05, 0) is 13.3 Å². The van der Waals surface area contributed by atoms with E-state index >= 15 is 0 Å². The summed E-state index contributed by atoms with van der Waals surface area (Å²) >= 11 is 1.30. The van der Waals surface area contributed by atoms with E-state index in [1.807, 2.05) is 13.8 Å². The van der Waals surface area contributed by atoms with Gasteiger partial charge in [-0.3, -0.25) is 4.98 Å². The van der Waals surface area contributed by atoms with Gasteiger partial charge >= 0.3 is 5.97 Å². The zero-order valence-electron chi connectivity index (χ0n) is 7.11. The van der Waals surface area contributed by atoms with Crippen LogP contribution < -0.4 is 0 Å². The second kappa shape index (κ2) is 4.21. The van der Waals surface area contributed by atoms with Crippen LogP contribution in [0.1, 0.15) is 29.9 Å². The molecular weight excluding hydrogens is 174 g/mol. The van der Waals surface area contributed by atoms with Gasteiger partial charge in [0.1, 0.15) is 4.88 Å². The third-order valence-corrected chi connectivity index (χ3v) is 2.27. The first-order valence-corrected chi connectivity index (χ1v) is 4.71. The van der Waals surface area contributed by atoms with Crippen LogP contribution in [0, 0.1) is 0 Å². The van der Waals surface area contributed by atoms with Crippen molar-refractivity contribution in [3.63, 3.8) is 0 Å². The summed E-state index contributed by atoms with van der Waals surface area (Å²) in [5.74, 6) is -0.271. The number of hydrogen-bond acceptors (Lipinski definition) is 4. The Morgan fingerprint density at radius 3 is 3.08 bits per heavy atom. The molecule has 0 aliphatic heterocycles. The SMILES string of the molecule is CCC(C)OC(=O)c1cncs1. The summed E-state index contributed by atoms with van der Waals surface area (Å²) in [5, 5.41) is 0. The summed E-state index contributed by atoms with van der Waals surface area (Å²) in [4.78, 5) is 15.6. The molecule has 0 aromatic carbocycles. The van der Waals surface area contributed by atoms with Gasteiger partial charge < -0.3 is 4.74 Å². The molecule has 12 heavy (non-hydrogen) atoms. The standard InChI is InChI=1S/C8H11NO2S/c1-3-6(2)11-8(10)7-4-9-5-12-7/h4-6H,3H2,1-2H3. The van der Waals surface area contributed by atoms with E-state index in [1.54, 1.807) is 5.51 Å². The molecule has 1 aromatic rings. The van der Waals surface area contributed by atoms with Gasteiger partial charge in [0, 0.05) is 0 Å².